The predicted octanol–water partition coefficient (Wildman–Crippen LogP) is 0.687. The number of aliphatic imine (C=N–C) groups is 1. The van der Waals surface area contributed by atoms with E-state index in [4.69, 9.17) is 28.7 Å². The number of carbonyl (C=O) groups excluding carboxylic acids is 4. The summed E-state index contributed by atoms with van der Waals surface area (Å²) in [5.41, 5.74) is 28.2. The molecule has 0 heterocycles. The van der Waals surface area contributed by atoms with Crippen molar-refractivity contribution in [3.05, 3.63) is 0 Å². The van der Waals surface area contributed by atoms with Crippen molar-refractivity contribution in [2.45, 2.75) is 121 Å². The van der Waals surface area contributed by atoms with Gasteiger partial charge in [0.1, 0.15) is 6.04 Å². The summed E-state index contributed by atoms with van der Waals surface area (Å²) in [6, 6.07) is -2.34. The molecule has 2 aliphatic carbocycles. The molecule has 12 nitrogen and oxygen atoms in total. The largest absolute Gasteiger partial charge is 0.370 e. The normalized spacial score (nSPS) is 18.8. The van der Waals surface area contributed by atoms with Crippen LogP contribution in [0.4, 0.5) is 0 Å². The molecule has 0 aromatic rings. The molecule has 0 unspecified atom stereocenters. The number of rotatable bonds is 20. The first-order valence-electron chi connectivity index (χ1n) is 15.5. The monoisotopic (exact) mass is 578 g/mol. The first-order chi connectivity index (χ1) is 19.6. The van der Waals surface area contributed by atoms with Gasteiger partial charge in [0.15, 0.2) is 11.7 Å². The lowest BCUT2D eigenvalue weighted by Crippen LogP contribution is -2.50. The molecule has 12 N–H and O–H groups in total. The lowest BCUT2D eigenvalue weighted by Gasteiger charge is -2.26. The third-order valence-corrected chi connectivity index (χ3v) is 8.57. The molecule has 41 heavy (non-hydrogen) atoms. The molecule has 0 bridgehead atoms. The standard InChI is InChI=1S/C29H54N8O4/c30-14-6-5-12-24(26(32)39)37-27(40)21(16-19-8-1-2-9-19)18-25(38)23(13-7-15-35-29(33)34)36-28(41)22(31)17-20-10-3-4-11-20/h19-24H,1-18,30-31H2,(H2,32,39)(H,36,41)(H,37,40)(H4,33,34,35)/t21-,22+,23-,24+/m1/s1. The molecule has 0 saturated heterocycles. The van der Waals surface area contributed by atoms with Crippen LogP contribution in [0.2, 0.25) is 0 Å². The number of ketones is 1. The van der Waals surface area contributed by atoms with Crippen LogP contribution >= 0.6 is 0 Å². The maximum absolute atomic E-state index is 13.7. The first kappa shape index (κ1) is 34.5. The van der Waals surface area contributed by atoms with Crippen LogP contribution < -0.4 is 39.3 Å². The zero-order valence-electron chi connectivity index (χ0n) is 24.7. The number of carbonyl (C=O) groups is 4. The van der Waals surface area contributed by atoms with Crippen LogP contribution in [0.15, 0.2) is 4.99 Å². The molecular formula is C29H54N8O4. The van der Waals surface area contributed by atoms with Gasteiger partial charge in [0.25, 0.3) is 0 Å². The second-order valence-electron chi connectivity index (χ2n) is 12.0. The van der Waals surface area contributed by atoms with E-state index in [1.165, 1.54) is 0 Å². The predicted molar refractivity (Wildman–Crippen MR) is 160 cm³/mol. The summed E-state index contributed by atoms with van der Waals surface area (Å²) in [4.78, 5) is 56.2. The zero-order chi connectivity index (χ0) is 30.2. The molecule has 2 fully saturated rings. The zero-order valence-corrected chi connectivity index (χ0v) is 24.7. The molecule has 0 radical (unpaired) electrons. The molecule has 3 amide bonds. The van der Waals surface area contributed by atoms with E-state index in [0.29, 0.717) is 69.9 Å². The second-order valence-corrected chi connectivity index (χ2v) is 12.0. The smallest absolute Gasteiger partial charge is 0.239 e. The van der Waals surface area contributed by atoms with Gasteiger partial charge in [-0.25, -0.2) is 0 Å². The van der Waals surface area contributed by atoms with Gasteiger partial charge in [-0.1, -0.05) is 51.4 Å². The number of hydrogen-bond donors (Lipinski definition) is 7. The molecule has 2 aliphatic rings. The summed E-state index contributed by atoms with van der Waals surface area (Å²) in [5.74, 6) is -1.49. The summed E-state index contributed by atoms with van der Waals surface area (Å²) >= 11 is 0. The fraction of sp³-hybridized carbons (Fsp3) is 0.828. The molecule has 4 atom stereocenters. The number of nitrogens with two attached hydrogens (primary N) is 5. The highest BCUT2D eigenvalue weighted by Crippen LogP contribution is 2.32. The van der Waals surface area contributed by atoms with E-state index >= 15 is 0 Å². The van der Waals surface area contributed by atoms with Crippen molar-refractivity contribution >= 4 is 29.5 Å². The van der Waals surface area contributed by atoms with Gasteiger partial charge in [-0.2, -0.15) is 0 Å². The van der Waals surface area contributed by atoms with Crippen molar-refractivity contribution in [2.75, 3.05) is 13.1 Å². The maximum atomic E-state index is 13.7. The fourth-order valence-corrected chi connectivity index (χ4v) is 6.19. The van der Waals surface area contributed by atoms with Gasteiger partial charge in [-0.15, -0.1) is 0 Å². The Labute approximate surface area is 244 Å². The Hall–Kier alpha value is -2.73. The van der Waals surface area contributed by atoms with E-state index in [-0.39, 0.29) is 30.0 Å². The molecule has 2 saturated carbocycles. The van der Waals surface area contributed by atoms with Gasteiger partial charge in [-0.05, 0) is 63.3 Å². The van der Waals surface area contributed by atoms with Crippen molar-refractivity contribution in [1.82, 2.24) is 10.6 Å². The number of nitrogens with one attached hydrogen (secondary N) is 2. The minimum atomic E-state index is -0.820. The van der Waals surface area contributed by atoms with Crippen molar-refractivity contribution in [3.8, 4) is 0 Å². The SMILES string of the molecule is NCCCC[C@H](NC(=O)[C@@H](CC(=O)[C@@H](CCCN=C(N)N)NC(=O)[C@@H](N)CC1CCCC1)CC1CCCC1)C(N)=O. The summed E-state index contributed by atoms with van der Waals surface area (Å²) in [6.45, 7) is 0.796. The Balaban J connectivity index is 2.12. The average molecular weight is 579 g/mol. The van der Waals surface area contributed by atoms with Crippen LogP contribution in [-0.4, -0.2) is 60.7 Å². The van der Waals surface area contributed by atoms with Crippen LogP contribution in [0.3, 0.4) is 0 Å². The Morgan fingerprint density at radius 3 is 1.88 bits per heavy atom. The van der Waals surface area contributed by atoms with Gasteiger partial charge in [0, 0.05) is 18.9 Å². The number of Topliss-reactive ketones (excluding diaryl/α,β-unsaturated/α-hetero) is 1. The lowest BCUT2D eigenvalue weighted by molar-refractivity contribution is -0.134. The van der Waals surface area contributed by atoms with Gasteiger partial charge in [0.05, 0.1) is 12.1 Å². The van der Waals surface area contributed by atoms with Crippen molar-refractivity contribution in [1.29, 1.82) is 0 Å². The minimum absolute atomic E-state index is 0.0423. The highest BCUT2D eigenvalue weighted by atomic mass is 16.2. The molecule has 0 aliphatic heterocycles. The third kappa shape index (κ3) is 13.2. The Morgan fingerprint density at radius 1 is 0.756 bits per heavy atom. The van der Waals surface area contributed by atoms with E-state index in [0.717, 1.165) is 51.4 Å². The van der Waals surface area contributed by atoms with E-state index in [9.17, 15) is 19.2 Å². The van der Waals surface area contributed by atoms with Crippen LogP contribution in [-0.2, 0) is 19.2 Å². The van der Waals surface area contributed by atoms with Gasteiger partial charge < -0.3 is 39.3 Å². The van der Waals surface area contributed by atoms with Crippen molar-refractivity contribution in [2.24, 2.45) is 51.4 Å². The Kier molecular flexibility index (Phi) is 15.7. The average Bonchev–Trinajstić information content (AvgIpc) is 3.63. The van der Waals surface area contributed by atoms with Gasteiger partial charge in [0.2, 0.25) is 17.7 Å². The quantitative estimate of drug-likeness (QED) is 0.0615. The number of nitrogens with zero attached hydrogens (tertiary/aromatic N) is 1. The molecular weight excluding hydrogens is 524 g/mol. The van der Waals surface area contributed by atoms with E-state index in [2.05, 4.69) is 15.6 Å². The first-order valence-corrected chi connectivity index (χ1v) is 15.5. The molecule has 2 rings (SSSR count). The van der Waals surface area contributed by atoms with E-state index in [1.807, 2.05) is 0 Å². The summed E-state index contributed by atoms with van der Waals surface area (Å²) in [6.07, 6.45) is 12.3. The summed E-state index contributed by atoms with van der Waals surface area (Å²) in [5, 5.41) is 5.67. The number of primary amides is 1. The second kappa shape index (κ2) is 18.7. The number of unbranched alkanes of at least 4 members (excludes halogenated alkanes) is 1. The molecule has 12 heteroatoms. The van der Waals surface area contributed by atoms with Crippen molar-refractivity contribution < 1.29 is 19.2 Å². The Morgan fingerprint density at radius 2 is 1.32 bits per heavy atom. The number of hydrogen-bond acceptors (Lipinski definition) is 7. The van der Waals surface area contributed by atoms with E-state index in [1.54, 1.807) is 0 Å². The van der Waals surface area contributed by atoms with Gasteiger partial charge >= 0.3 is 0 Å². The van der Waals surface area contributed by atoms with Gasteiger partial charge in [-0.3, -0.25) is 24.2 Å². The van der Waals surface area contributed by atoms with Crippen LogP contribution in [0.5, 0.6) is 0 Å². The number of amides is 3. The van der Waals surface area contributed by atoms with Crippen LogP contribution in [0.25, 0.3) is 0 Å². The minimum Gasteiger partial charge on any atom is -0.370 e. The summed E-state index contributed by atoms with van der Waals surface area (Å²) < 4.78 is 0. The highest BCUT2D eigenvalue weighted by Gasteiger charge is 2.33. The van der Waals surface area contributed by atoms with Crippen molar-refractivity contribution in [3.63, 3.8) is 0 Å². The lowest BCUT2D eigenvalue weighted by atomic mass is 9.86. The topological polar surface area (TPSA) is 235 Å². The van der Waals surface area contributed by atoms with Crippen LogP contribution in [0.1, 0.15) is 103 Å². The van der Waals surface area contributed by atoms with E-state index < -0.39 is 30.0 Å². The molecule has 0 aromatic heterocycles. The molecule has 0 spiro atoms. The molecule has 234 valence electrons. The maximum Gasteiger partial charge on any atom is 0.239 e. The highest BCUT2D eigenvalue weighted by molar-refractivity contribution is 5.94. The Bertz CT molecular complexity index is 867. The fourth-order valence-electron chi connectivity index (χ4n) is 6.19. The summed E-state index contributed by atoms with van der Waals surface area (Å²) in [7, 11) is 0. The third-order valence-electron chi connectivity index (χ3n) is 8.57. The molecule has 0 aromatic carbocycles. The number of guanidine groups is 1. The van der Waals surface area contributed by atoms with Crippen LogP contribution in [0, 0.1) is 17.8 Å².